The summed E-state index contributed by atoms with van der Waals surface area (Å²) in [6, 6.07) is 0.104. The summed E-state index contributed by atoms with van der Waals surface area (Å²) in [6.45, 7) is 6.30. The van der Waals surface area contributed by atoms with Crippen molar-refractivity contribution in [3.05, 3.63) is 0 Å². The van der Waals surface area contributed by atoms with Gasteiger partial charge in [0.2, 0.25) is 5.91 Å². The van der Waals surface area contributed by atoms with Gasteiger partial charge in [0.25, 0.3) is 0 Å². The minimum absolute atomic E-state index is 0.0847. The van der Waals surface area contributed by atoms with Crippen molar-refractivity contribution in [2.45, 2.75) is 51.1 Å². The smallest absolute Gasteiger partial charge is 0.240 e. The molecule has 1 N–H and O–H groups in total. The largest absolute Gasteiger partial charge is 0.336 e. The molecule has 0 aromatic rings. The number of rotatable bonds is 1. The first kappa shape index (κ1) is 9.97. The molecule has 14 heavy (non-hydrogen) atoms. The van der Waals surface area contributed by atoms with Gasteiger partial charge in [0.15, 0.2) is 0 Å². The molecular weight excluding hydrogens is 176 g/mol. The lowest BCUT2D eigenvalue weighted by atomic mass is 10.0. The van der Waals surface area contributed by atoms with E-state index in [2.05, 4.69) is 24.1 Å². The summed E-state index contributed by atoms with van der Waals surface area (Å²) in [5.74, 6) is 0.324. The summed E-state index contributed by atoms with van der Waals surface area (Å²) in [5, 5.41) is 3.28. The summed E-state index contributed by atoms with van der Waals surface area (Å²) in [4.78, 5) is 14.2. The van der Waals surface area contributed by atoms with E-state index in [9.17, 15) is 4.79 Å². The van der Waals surface area contributed by atoms with Gasteiger partial charge in [-0.1, -0.05) is 0 Å². The lowest BCUT2D eigenvalue weighted by Crippen LogP contribution is -2.50. The van der Waals surface area contributed by atoms with Crippen molar-refractivity contribution >= 4 is 5.91 Å². The summed E-state index contributed by atoms with van der Waals surface area (Å²) in [5.41, 5.74) is 0.0847. The molecule has 0 aromatic carbocycles. The number of hydrogen-bond acceptors (Lipinski definition) is 2. The highest BCUT2D eigenvalue weighted by Crippen LogP contribution is 2.29. The Kier molecular flexibility index (Phi) is 2.52. The van der Waals surface area contributed by atoms with E-state index in [4.69, 9.17) is 0 Å². The Morgan fingerprint density at radius 2 is 2.21 bits per heavy atom. The third kappa shape index (κ3) is 1.65. The van der Waals surface area contributed by atoms with Crippen molar-refractivity contribution < 1.29 is 4.79 Å². The Morgan fingerprint density at radius 1 is 1.43 bits per heavy atom. The Hall–Kier alpha value is -0.570. The number of amides is 1. The van der Waals surface area contributed by atoms with Gasteiger partial charge < -0.3 is 10.2 Å². The maximum Gasteiger partial charge on any atom is 0.240 e. The van der Waals surface area contributed by atoms with E-state index >= 15 is 0 Å². The van der Waals surface area contributed by atoms with Crippen LogP contribution in [0.3, 0.4) is 0 Å². The summed E-state index contributed by atoms with van der Waals surface area (Å²) < 4.78 is 0. The molecule has 0 unspecified atom stereocenters. The number of nitrogens with one attached hydrogen (secondary N) is 1. The van der Waals surface area contributed by atoms with Crippen LogP contribution < -0.4 is 5.32 Å². The molecule has 80 valence electrons. The molecule has 2 aliphatic heterocycles. The van der Waals surface area contributed by atoms with Gasteiger partial charge in [-0.15, -0.1) is 0 Å². The van der Waals surface area contributed by atoms with E-state index < -0.39 is 0 Å². The molecule has 0 spiro atoms. The monoisotopic (exact) mass is 196 g/mol. The van der Waals surface area contributed by atoms with Crippen LogP contribution >= 0.6 is 0 Å². The van der Waals surface area contributed by atoms with Crippen molar-refractivity contribution in [3.63, 3.8) is 0 Å². The van der Waals surface area contributed by atoms with Crippen LogP contribution in [0.15, 0.2) is 0 Å². The second-order valence-electron chi connectivity index (χ2n) is 5.05. The Morgan fingerprint density at radius 3 is 2.71 bits per heavy atom. The molecule has 1 atom stereocenters. The van der Waals surface area contributed by atoms with Crippen molar-refractivity contribution in [2.75, 3.05) is 13.1 Å². The average molecular weight is 196 g/mol. The molecule has 2 fully saturated rings. The number of carbonyl (C=O) groups is 1. The van der Waals surface area contributed by atoms with Crippen LogP contribution in [-0.2, 0) is 4.79 Å². The molecule has 2 rings (SSSR count). The molecule has 1 amide bonds. The SMILES string of the molecule is CC1(C)CCCN1C(=O)[C@@H]1CCCN1. The second kappa shape index (κ2) is 3.54. The summed E-state index contributed by atoms with van der Waals surface area (Å²) in [7, 11) is 0. The van der Waals surface area contributed by atoms with E-state index in [1.165, 1.54) is 0 Å². The second-order valence-corrected chi connectivity index (χ2v) is 5.05. The zero-order chi connectivity index (χ0) is 10.2. The van der Waals surface area contributed by atoms with Gasteiger partial charge in [-0.05, 0) is 46.1 Å². The molecule has 0 aliphatic carbocycles. The molecule has 2 saturated heterocycles. The van der Waals surface area contributed by atoms with E-state index in [1.807, 2.05) is 0 Å². The van der Waals surface area contributed by atoms with E-state index in [-0.39, 0.29) is 11.6 Å². The van der Waals surface area contributed by atoms with Crippen LogP contribution in [0.1, 0.15) is 39.5 Å². The number of nitrogens with zero attached hydrogens (tertiary/aromatic N) is 1. The van der Waals surface area contributed by atoms with Crippen LogP contribution in [0, 0.1) is 0 Å². The molecule has 3 heteroatoms. The molecule has 0 bridgehead atoms. The highest BCUT2D eigenvalue weighted by atomic mass is 16.2. The van der Waals surface area contributed by atoms with Gasteiger partial charge in [0, 0.05) is 12.1 Å². The zero-order valence-electron chi connectivity index (χ0n) is 9.18. The first-order valence-electron chi connectivity index (χ1n) is 5.66. The molecule has 2 aliphatic rings. The van der Waals surface area contributed by atoms with Crippen LogP contribution in [0.2, 0.25) is 0 Å². The fraction of sp³-hybridized carbons (Fsp3) is 0.909. The summed E-state index contributed by atoms with van der Waals surface area (Å²) >= 11 is 0. The zero-order valence-corrected chi connectivity index (χ0v) is 9.18. The van der Waals surface area contributed by atoms with Crippen molar-refractivity contribution in [1.29, 1.82) is 0 Å². The van der Waals surface area contributed by atoms with Crippen molar-refractivity contribution in [2.24, 2.45) is 0 Å². The van der Waals surface area contributed by atoms with Crippen LogP contribution in [0.4, 0.5) is 0 Å². The van der Waals surface area contributed by atoms with Gasteiger partial charge in [-0.2, -0.15) is 0 Å². The molecule has 0 radical (unpaired) electrons. The lowest BCUT2D eigenvalue weighted by Gasteiger charge is -2.33. The Balaban J connectivity index is 2.03. The van der Waals surface area contributed by atoms with Crippen LogP contribution in [0.5, 0.6) is 0 Å². The van der Waals surface area contributed by atoms with Gasteiger partial charge >= 0.3 is 0 Å². The lowest BCUT2D eigenvalue weighted by molar-refractivity contribution is -0.136. The van der Waals surface area contributed by atoms with Gasteiger partial charge in [-0.25, -0.2) is 0 Å². The van der Waals surface area contributed by atoms with Gasteiger partial charge in [0.05, 0.1) is 6.04 Å². The molecular formula is C11H20N2O. The Bertz CT molecular complexity index is 231. The maximum atomic E-state index is 12.1. The third-order valence-electron chi connectivity index (χ3n) is 3.53. The fourth-order valence-electron chi connectivity index (χ4n) is 2.60. The van der Waals surface area contributed by atoms with E-state index in [0.29, 0.717) is 5.91 Å². The predicted octanol–water partition coefficient (Wildman–Crippen LogP) is 1.14. The van der Waals surface area contributed by atoms with E-state index in [1.54, 1.807) is 0 Å². The molecule has 0 saturated carbocycles. The minimum atomic E-state index is 0.0847. The molecule has 0 aromatic heterocycles. The normalized spacial score (nSPS) is 31.0. The van der Waals surface area contributed by atoms with Crippen LogP contribution in [-0.4, -0.2) is 35.5 Å². The molecule has 2 heterocycles. The number of hydrogen-bond donors (Lipinski definition) is 1. The summed E-state index contributed by atoms with van der Waals surface area (Å²) in [6.07, 6.45) is 4.47. The highest BCUT2D eigenvalue weighted by Gasteiger charge is 2.38. The standard InChI is InChI=1S/C11H20N2O/c1-11(2)6-4-8-13(11)10(14)9-5-3-7-12-9/h9,12H,3-8H2,1-2H3/t9-/m0/s1. The number of carbonyl (C=O) groups excluding carboxylic acids is 1. The van der Waals surface area contributed by atoms with Gasteiger partial charge in [-0.3, -0.25) is 4.79 Å². The fourth-order valence-corrected chi connectivity index (χ4v) is 2.60. The van der Waals surface area contributed by atoms with Gasteiger partial charge in [0.1, 0.15) is 0 Å². The first-order chi connectivity index (χ1) is 6.61. The predicted molar refractivity (Wildman–Crippen MR) is 56.1 cm³/mol. The molecule has 3 nitrogen and oxygen atoms in total. The quantitative estimate of drug-likeness (QED) is 0.682. The average Bonchev–Trinajstić information content (AvgIpc) is 2.71. The number of likely N-dealkylation sites (tertiary alicyclic amines) is 1. The van der Waals surface area contributed by atoms with Crippen molar-refractivity contribution in [3.8, 4) is 0 Å². The highest BCUT2D eigenvalue weighted by molar-refractivity contribution is 5.83. The maximum absolute atomic E-state index is 12.1. The third-order valence-corrected chi connectivity index (χ3v) is 3.53. The Labute approximate surface area is 85.8 Å². The van der Waals surface area contributed by atoms with E-state index in [0.717, 1.165) is 38.8 Å². The van der Waals surface area contributed by atoms with Crippen molar-refractivity contribution in [1.82, 2.24) is 10.2 Å². The topological polar surface area (TPSA) is 32.3 Å². The van der Waals surface area contributed by atoms with Crippen LogP contribution in [0.25, 0.3) is 0 Å². The minimum Gasteiger partial charge on any atom is -0.336 e. The first-order valence-corrected chi connectivity index (χ1v) is 5.66.